The van der Waals surface area contributed by atoms with Gasteiger partial charge in [-0.1, -0.05) is 17.7 Å². The number of para-hydroxylation sites is 1. The van der Waals surface area contributed by atoms with Crippen LogP contribution in [0.4, 0.5) is 0 Å². The quantitative estimate of drug-likeness (QED) is 0.666. The van der Waals surface area contributed by atoms with Gasteiger partial charge in [0.1, 0.15) is 5.01 Å². The first kappa shape index (κ1) is 8.45. The molecule has 0 fully saturated rings. The molecule has 2 aromatic rings. The van der Waals surface area contributed by atoms with Crippen molar-refractivity contribution in [3.63, 3.8) is 0 Å². The highest BCUT2D eigenvalue weighted by molar-refractivity contribution is 7.19. The third-order valence-corrected chi connectivity index (χ3v) is 2.71. The van der Waals surface area contributed by atoms with E-state index in [1.165, 1.54) is 10.3 Å². The minimum atomic E-state index is 1.10. The van der Waals surface area contributed by atoms with Gasteiger partial charge in [-0.2, -0.15) is 0 Å². The molecule has 0 bridgehead atoms. The van der Waals surface area contributed by atoms with E-state index >= 15 is 0 Å². The number of allylic oxidation sites excluding steroid dienone is 1. The molecular weight excluding hydrogens is 178 g/mol. The summed E-state index contributed by atoms with van der Waals surface area (Å²) in [6.45, 7) is 4.18. The van der Waals surface area contributed by atoms with Gasteiger partial charge < -0.3 is 0 Å². The Morgan fingerprint density at radius 3 is 2.77 bits per heavy atom. The van der Waals surface area contributed by atoms with Crippen molar-refractivity contribution in [1.82, 2.24) is 4.98 Å². The van der Waals surface area contributed by atoms with E-state index in [4.69, 9.17) is 0 Å². The predicted octanol–water partition coefficient (Wildman–Crippen LogP) is 3.72. The van der Waals surface area contributed by atoms with Crippen molar-refractivity contribution in [2.45, 2.75) is 13.8 Å². The first-order valence-electron chi connectivity index (χ1n) is 4.26. The molecule has 13 heavy (non-hydrogen) atoms. The van der Waals surface area contributed by atoms with E-state index < -0.39 is 0 Å². The van der Waals surface area contributed by atoms with E-state index in [0.717, 1.165) is 10.5 Å². The molecule has 0 radical (unpaired) electrons. The molecule has 1 heterocycles. The van der Waals surface area contributed by atoms with Crippen molar-refractivity contribution in [2.75, 3.05) is 0 Å². The maximum Gasteiger partial charge on any atom is 0.117 e. The molecule has 0 unspecified atom stereocenters. The number of fused-ring (bicyclic) bond motifs is 1. The van der Waals surface area contributed by atoms with E-state index in [0.29, 0.717) is 0 Å². The Kier molecular flexibility index (Phi) is 2.15. The fourth-order valence-electron chi connectivity index (χ4n) is 1.20. The molecular formula is C11H11NS. The fourth-order valence-corrected chi connectivity index (χ4v) is 2.23. The zero-order chi connectivity index (χ0) is 9.26. The highest BCUT2D eigenvalue weighted by Crippen LogP contribution is 2.22. The van der Waals surface area contributed by atoms with E-state index in [2.05, 4.69) is 31.0 Å². The lowest BCUT2D eigenvalue weighted by Gasteiger charge is -1.83. The Balaban J connectivity index is 2.56. The molecule has 0 amide bonds. The van der Waals surface area contributed by atoms with Crippen LogP contribution in [0, 0.1) is 0 Å². The van der Waals surface area contributed by atoms with Crippen molar-refractivity contribution in [2.24, 2.45) is 0 Å². The Hall–Kier alpha value is -1.15. The van der Waals surface area contributed by atoms with Gasteiger partial charge in [0.15, 0.2) is 0 Å². The molecule has 0 saturated carbocycles. The number of hydrogen-bond acceptors (Lipinski definition) is 2. The maximum atomic E-state index is 4.50. The molecule has 1 nitrogen and oxygen atoms in total. The van der Waals surface area contributed by atoms with Crippen LogP contribution in [0.15, 0.2) is 29.8 Å². The molecule has 66 valence electrons. The molecule has 0 atom stereocenters. The van der Waals surface area contributed by atoms with Gasteiger partial charge in [-0.25, -0.2) is 4.98 Å². The zero-order valence-corrected chi connectivity index (χ0v) is 8.56. The summed E-state index contributed by atoms with van der Waals surface area (Å²) in [6.07, 6.45) is 2.12. The van der Waals surface area contributed by atoms with Crippen molar-refractivity contribution >= 4 is 27.6 Å². The van der Waals surface area contributed by atoms with E-state index in [1.54, 1.807) is 11.3 Å². The van der Waals surface area contributed by atoms with Crippen LogP contribution in [0.2, 0.25) is 0 Å². The molecule has 0 aliphatic carbocycles. The minimum absolute atomic E-state index is 1.10. The molecule has 0 saturated heterocycles. The average Bonchev–Trinajstić information content (AvgIpc) is 2.44. The normalized spacial score (nSPS) is 10.3. The van der Waals surface area contributed by atoms with Crippen LogP contribution in [0.25, 0.3) is 16.3 Å². The Bertz CT molecular complexity index is 417. The first-order valence-corrected chi connectivity index (χ1v) is 5.08. The van der Waals surface area contributed by atoms with Gasteiger partial charge in [0.2, 0.25) is 0 Å². The number of thiazole rings is 1. The molecule has 0 spiro atoms. The Morgan fingerprint density at radius 2 is 2.08 bits per heavy atom. The molecule has 0 aliphatic rings. The molecule has 2 heteroatoms. The largest absolute Gasteiger partial charge is 0.237 e. The van der Waals surface area contributed by atoms with Gasteiger partial charge in [0, 0.05) is 0 Å². The van der Waals surface area contributed by atoms with Gasteiger partial charge >= 0.3 is 0 Å². The van der Waals surface area contributed by atoms with Gasteiger partial charge in [-0.15, -0.1) is 11.3 Å². The van der Waals surface area contributed by atoms with E-state index in [9.17, 15) is 0 Å². The van der Waals surface area contributed by atoms with E-state index in [1.807, 2.05) is 18.2 Å². The second-order valence-corrected chi connectivity index (χ2v) is 4.30. The second-order valence-electron chi connectivity index (χ2n) is 3.24. The topological polar surface area (TPSA) is 12.9 Å². The second kappa shape index (κ2) is 3.30. The summed E-state index contributed by atoms with van der Waals surface area (Å²) in [5.41, 5.74) is 2.39. The summed E-state index contributed by atoms with van der Waals surface area (Å²) in [6, 6.07) is 8.23. The summed E-state index contributed by atoms with van der Waals surface area (Å²) in [5, 5.41) is 1.10. The molecule has 0 aliphatic heterocycles. The SMILES string of the molecule is CC(C)=Cc1nc2ccccc2s1. The number of aromatic nitrogens is 1. The third kappa shape index (κ3) is 1.78. The van der Waals surface area contributed by atoms with Crippen LogP contribution in [0.5, 0.6) is 0 Å². The predicted molar refractivity (Wildman–Crippen MR) is 58.9 cm³/mol. The number of hydrogen-bond donors (Lipinski definition) is 0. The maximum absolute atomic E-state index is 4.50. The van der Waals surface area contributed by atoms with Crippen LogP contribution < -0.4 is 0 Å². The molecule has 0 N–H and O–H groups in total. The van der Waals surface area contributed by atoms with Crippen molar-refractivity contribution in [3.8, 4) is 0 Å². The number of rotatable bonds is 1. The summed E-state index contributed by atoms with van der Waals surface area (Å²) in [5.74, 6) is 0. The highest BCUT2D eigenvalue weighted by atomic mass is 32.1. The van der Waals surface area contributed by atoms with Gasteiger partial charge in [-0.05, 0) is 32.1 Å². The van der Waals surface area contributed by atoms with Gasteiger partial charge in [-0.3, -0.25) is 0 Å². The third-order valence-electron chi connectivity index (χ3n) is 1.72. The summed E-state index contributed by atoms with van der Waals surface area (Å²) in [4.78, 5) is 4.50. The van der Waals surface area contributed by atoms with Crippen LogP contribution >= 0.6 is 11.3 Å². The van der Waals surface area contributed by atoms with Crippen molar-refractivity contribution < 1.29 is 0 Å². The van der Waals surface area contributed by atoms with E-state index in [-0.39, 0.29) is 0 Å². The fraction of sp³-hybridized carbons (Fsp3) is 0.182. The monoisotopic (exact) mass is 189 g/mol. The van der Waals surface area contributed by atoms with Crippen molar-refractivity contribution in [3.05, 3.63) is 34.8 Å². The number of nitrogens with zero attached hydrogens (tertiary/aromatic N) is 1. The lowest BCUT2D eigenvalue weighted by Crippen LogP contribution is -1.69. The average molecular weight is 189 g/mol. The summed E-state index contributed by atoms with van der Waals surface area (Å²) < 4.78 is 1.26. The first-order chi connectivity index (χ1) is 6.25. The van der Waals surface area contributed by atoms with Crippen LogP contribution in [-0.4, -0.2) is 4.98 Å². The summed E-state index contributed by atoms with van der Waals surface area (Å²) in [7, 11) is 0. The Labute approximate surface area is 81.7 Å². The van der Waals surface area contributed by atoms with Gasteiger partial charge in [0.05, 0.1) is 10.2 Å². The zero-order valence-electron chi connectivity index (χ0n) is 7.74. The molecule has 2 rings (SSSR count). The lowest BCUT2D eigenvalue weighted by molar-refractivity contribution is 1.39. The van der Waals surface area contributed by atoms with Crippen LogP contribution in [-0.2, 0) is 0 Å². The van der Waals surface area contributed by atoms with Crippen molar-refractivity contribution in [1.29, 1.82) is 0 Å². The van der Waals surface area contributed by atoms with Crippen LogP contribution in [0.3, 0.4) is 0 Å². The lowest BCUT2D eigenvalue weighted by atomic mass is 10.3. The molecule has 1 aromatic heterocycles. The number of benzene rings is 1. The smallest absolute Gasteiger partial charge is 0.117 e. The minimum Gasteiger partial charge on any atom is -0.237 e. The summed E-state index contributed by atoms with van der Waals surface area (Å²) >= 11 is 1.74. The molecule has 1 aromatic carbocycles. The highest BCUT2D eigenvalue weighted by Gasteiger charge is 1.98. The Morgan fingerprint density at radius 1 is 1.31 bits per heavy atom. The van der Waals surface area contributed by atoms with Gasteiger partial charge in [0.25, 0.3) is 0 Å². The van der Waals surface area contributed by atoms with Crippen LogP contribution in [0.1, 0.15) is 18.9 Å². The standard InChI is InChI=1S/C11H11NS/c1-8(2)7-11-12-9-5-3-4-6-10(9)13-11/h3-7H,1-2H3.